The van der Waals surface area contributed by atoms with Gasteiger partial charge in [-0.25, -0.2) is 4.79 Å². The van der Waals surface area contributed by atoms with Crippen molar-refractivity contribution in [3.8, 4) is 0 Å². The summed E-state index contributed by atoms with van der Waals surface area (Å²) in [5.74, 6) is -0.157. The first-order valence-corrected chi connectivity index (χ1v) is 17.7. The van der Waals surface area contributed by atoms with Crippen molar-refractivity contribution in [2.45, 2.75) is 162 Å². The molecule has 0 fully saturated rings. The molecule has 0 rings (SSSR count). The third-order valence-electron chi connectivity index (χ3n) is 7.66. The van der Waals surface area contributed by atoms with E-state index in [1.165, 1.54) is 96.3 Å². The Hall–Kier alpha value is -2.04. The molecule has 5 nitrogen and oxygen atoms in total. The van der Waals surface area contributed by atoms with Crippen molar-refractivity contribution in [3.05, 3.63) is 36.5 Å². The minimum absolute atomic E-state index is 0.0636. The second kappa shape index (κ2) is 33.5. The topological polar surface area (TPSA) is 58.6 Å². The van der Waals surface area contributed by atoms with Gasteiger partial charge in [-0.1, -0.05) is 147 Å². The summed E-state index contributed by atoms with van der Waals surface area (Å²) < 4.78 is 5.51. The molecule has 0 saturated heterocycles. The molecule has 0 bridgehead atoms. The van der Waals surface area contributed by atoms with E-state index in [4.69, 9.17) is 4.74 Å². The molecule has 5 heteroatoms. The number of nitrogens with zero attached hydrogens (tertiary/aromatic N) is 1. The standard InChI is InChI=1S/C37H68N2O3/c1-4-6-8-10-12-14-16-18-19-20-21-23-25-27-29-31-33-39(35-36(40)38-3)37(41)42-34-32-30-28-26-24-22-17-15-13-11-9-7-5-2/h12,14,18-19,21,23H,4-11,13,15-17,20,22,24-35H2,1-3H3,(H,38,40)/b14-12+,19-18+,23-21+. The lowest BCUT2D eigenvalue weighted by Crippen LogP contribution is -2.40. The molecule has 0 unspecified atom stereocenters. The Labute approximate surface area is 261 Å². The number of nitrogens with one attached hydrogen (secondary N) is 1. The van der Waals surface area contributed by atoms with Crippen LogP contribution in [0.1, 0.15) is 162 Å². The largest absolute Gasteiger partial charge is 0.449 e. The summed E-state index contributed by atoms with van der Waals surface area (Å²) in [5, 5.41) is 2.62. The molecule has 0 atom stereocenters. The first-order chi connectivity index (χ1) is 20.7. The predicted molar refractivity (Wildman–Crippen MR) is 182 cm³/mol. The quantitative estimate of drug-likeness (QED) is 0.0670. The van der Waals surface area contributed by atoms with Crippen molar-refractivity contribution in [2.24, 2.45) is 0 Å². The third kappa shape index (κ3) is 29.5. The van der Waals surface area contributed by atoms with Gasteiger partial charge >= 0.3 is 6.09 Å². The van der Waals surface area contributed by atoms with Gasteiger partial charge in [-0.15, -0.1) is 0 Å². The van der Waals surface area contributed by atoms with Crippen LogP contribution >= 0.6 is 0 Å². The normalized spacial score (nSPS) is 11.7. The smallest absolute Gasteiger partial charge is 0.410 e. The zero-order valence-corrected chi connectivity index (χ0v) is 28.0. The highest BCUT2D eigenvalue weighted by Gasteiger charge is 2.17. The van der Waals surface area contributed by atoms with E-state index in [2.05, 4.69) is 55.6 Å². The number of likely N-dealkylation sites (N-methyl/N-ethyl adjacent to an activating group) is 1. The molecule has 0 spiro atoms. The second-order valence-electron chi connectivity index (χ2n) is 11.7. The van der Waals surface area contributed by atoms with Gasteiger partial charge in [-0.2, -0.15) is 0 Å². The van der Waals surface area contributed by atoms with E-state index in [1.807, 2.05) is 0 Å². The number of allylic oxidation sites excluding steroid dienone is 6. The Bertz CT molecular complexity index is 686. The summed E-state index contributed by atoms with van der Waals surface area (Å²) in [6, 6.07) is 0. The molecule has 0 aromatic rings. The van der Waals surface area contributed by atoms with Crippen LogP contribution in [-0.2, 0) is 9.53 Å². The first-order valence-electron chi connectivity index (χ1n) is 17.7. The summed E-state index contributed by atoms with van der Waals surface area (Å²) in [4.78, 5) is 26.1. The molecule has 0 aliphatic rings. The number of hydrogen-bond donors (Lipinski definition) is 1. The van der Waals surface area contributed by atoms with E-state index in [1.54, 1.807) is 11.9 Å². The number of hydrogen-bond acceptors (Lipinski definition) is 3. The lowest BCUT2D eigenvalue weighted by molar-refractivity contribution is -0.121. The summed E-state index contributed by atoms with van der Waals surface area (Å²) in [5.41, 5.74) is 0. The minimum Gasteiger partial charge on any atom is -0.449 e. The molecule has 244 valence electrons. The summed E-state index contributed by atoms with van der Waals surface area (Å²) in [6.45, 7) is 5.57. The first kappa shape index (κ1) is 40.0. The zero-order chi connectivity index (χ0) is 30.8. The predicted octanol–water partition coefficient (Wildman–Crippen LogP) is 10.9. The number of unbranched alkanes of at least 4 members (excludes halogenated alkanes) is 18. The molecule has 42 heavy (non-hydrogen) atoms. The number of carbonyl (C=O) groups is 2. The fraction of sp³-hybridized carbons (Fsp3) is 0.784. The molecule has 0 aromatic carbocycles. The Balaban J connectivity index is 3.87. The molecule has 0 aliphatic heterocycles. The maximum Gasteiger partial charge on any atom is 0.410 e. The van der Waals surface area contributed by atoms with Crippen LogP contribution in [0, 0.1) is 0 Å². The third-order valence-corrected chi connectivity index (χ3v) is 7.66. The maximum atomic E-state index is 12.6. The molecule has 0 saturated carbocycles. The van der Waals surface area contributed by atoms with Gasteiger partial charge in [0.15, 0.2) is 0 Å². The van der Waals surface area contributed by atoms with Crippen LogP contribution in [-0.4, -0.2) is 43.6 Å². The van der Waals surface area contributed by atoms with Crippen LogP contribution in [0.25, 0.3) is 0 Å². The van der Waals surface area contributed by atoms with Crippen molar-refractivity contribution < 1.29 is 14.3 Å². The van der Waals surface area contributed by atoms with Crippen LogP contribution in [0.3, 0.4) is 0 Å². The van der Waals surface area contributed by atoms with Crippen LogP contribution in [0.2, 0.25) is 0 Å². The molecule has 0 aromatic heterocycles. The van der Waals surface area contributed by atoms with Crippen molar-refractivity contribution >= 4 is 12.0 Å². The zero-order valence-electron chi connectivity index (χ0n) is 28.0. The molecular weight excluding hydrogens is 520 g/mol. The van der Waals surface area contributed by atoms with Gasteiger partial charge in [0.2, 0.25) is 5.91 Å². The maximum absolute atomic E-state index is 12.6. The highest BCUT2D eigenvalue weighted by atomic mass is 16.6. The number of carbonyl (C=O) groups excluding carboxylic acids is 2. The van der Waals surface area contributed by atoms with Crippen LogP contribution in [0.15, 0.2) is 36.5 Å². The van der Waals surface area contributed by atoms with Crippen molar-refractivity contribution in [3.63, 3.8) is 0 Å². The highest BCUT2D eigenvalue weighted by Crippen LogP contribution is 2.13. The van der Waals surface area contributed by atoms with Crippen LogP contribution < -0.4 is 5.32 Å². The summed E-state index contributed by atoms with van der Waals surface area (Å²) in [6.07, 6.45) is 41.1. The monoisotopic (exact) mass is 589 g/mol. The fourth-order valence-electron chi connectivity index (χ4n) is 4.89. The van der Waals surface area contributed by atoms with E-state index in [-0.39, 0.29) is 18.5 Å². The van der Waals surface area contributed by atoms with Gasteiger partial charge < -0.3 is 10.1 Å². The van der Waals surface area contributed by atoms with E-state index in [0.717, 1.165) is 51.4 Å². The van der Waals surface area contributed by atoms with E-state index in [0.29, 0.717) is 13.2 Å². The fourth-order valence-corrected chi connectivity index (χ4v) is 4.89. The SMILES string of the molecule is CCCCC/C=C/C/C=C/C/C=C/CCCCCN(CC(=O)NC)C(=O)OCCCCCCCCCCCCCCC. The van der Waals surface area contributed by atoms with E-state index in [9.17, 15) is 9.59 Å². The molecule has 0 radical (unpaired) electrons. The Morgan fingerprint density at radius 3 is 1.52 bits per heavy atom. The highest BCUT2D eigenvalue weighted by molar-refractivity contribution is 5.81. The Kier molecular flexibility index (Phi) is 31.8. The molecule has 0 aliphatic carbocycles. The van der Waals surface area contributed by atoms with E-state index < -0.39 is 0 Å². The van der Waals surface area contributed by atoms with E-state index >= 15 is 0 Å². The Morgan fingerprint density at radius 1 is 0.571 bits per heavy atom. The second-order valence-corrected chi connectivity index (χ2v) is 11.7. The van der Waals surface area contributed by atoms with Gasteiger partial charge in [0.25, 0.3) is 0 Å². The number of amides is 2. The van der Waals surface area contributed by atoms with Gasteiger partial charge in [0, 0.05) is 13.6 Å². The average molecular weight is 589 g/mol. The number of rotatable bonds is 30. The average Bonchev–Trinajstić information content (AvgIpc) is 3.00. The Morgan fingerprint density at radius 2 is 1.00 bits per heavy atom. The lowest BCUT2D eigenvalue weighted by atomic mass is 10.0. The number of ether oxygens (including phenoxy) is 1. The van der Waals surface area contributed by atoms with Crippen LogP contribution in [0.4, 0.5) is 4.79 Å². The molecule has 2 amide bonds. The van der Waals surface area contributed by atoms with Crippen molar-refractivity contribution in [1.29, 1.82) is 0 Å². The van der Waals surface area contributed by atoms with Gasteiger partial charge in [-0.3, -0.25) is 9.69 Å². The molecular formula is C37H68N2O3. The van der Waals surface area contributed by atoms with Gasteiger partial charge in [-0.05, 0) is 51.4 Å². The summed E-state index contributed by atoms with van der Waals surface area (Å²) >= 11 is 0. The minimum atomic E-state index is -0.361. The van der Waals surface area contributed by atoms with Crippen molar-refractivity contribution in [2.75, 3.05) is 26.7 Å². The van der Waals surface area contributed by atoms with Gasteiger partial charge in [0.05, 0.1) is 6.61 Å². The van der Waals surface area contributed by atoms with Gasteiger partial charge in [0.1, 0.15) is 6.54 Å². The summed E-state index contributed by atoms with van der Waals surface area (Å²) in [7, 11) is 1.60. The molecule has 0 heterocycles. The van der Waals surface area contributed by atoms with Crippen molar-refractivity contribution in [1.82, 2.24) is 10.2 Å². The molecule has 1 N–H and O–H groups in total. The lowest BCUT2D eigenvalue weighted by Gasteiger charge is -2.21. The van der Waals surface area contributed by atoms with Crippen LogP contribution in [0.5, 0.6) is 0 Å².